The zero-order chi connectivity index (χ0) is 19.0. The Hall–Kier alpha value is -2.90. The number of aromatic nitrogens is 3. The summed E-state index contributed by atoms with van der Waals surface area (Å²) in [6, 6.07) is 3.88. The van der Waals surface area contributed by atoms with Crippen molar-refractivity contribution >= 4 is 11.9 Å². The molecule has 0 fully saturated rings. The summed E-state index contributed by atoms with van der Waals surface area (Å²) in [5.74, 6) is 1.31. The summed E-state index contributed by atoms with van der Waals surface area (Å²) >= 11 is 0. The monoisotopic (exact) mass is 357 g/mol. The van der Waals surface area contributed by atoms with E-state index in [-0.39, 0.29) is 18.0 Å². The number of amides is 1. The van der Waals surface area contributed by atoms with Gasteiger partial charge in [0.2, 0.25) is 5.91 Å². The molecule has 2 aromatic heterocycles. The van der Waals surface area contributed by atoms with Crippen molar-refractivity contribution in [3.63, 3.8) is 0 Å². The second kappa shape index (κ2) is 8.98. The number of carbonyl (C=O) groups is 1. The number of carbonyl (C=O) groups excluding carboxylic acids is 1. The summed E-state index contributed by atoms with van der Waals surface area (Å²) in [6.45, 7) is 9.18. The van der Waals surface area contributed by atoms with Crippen molar-refractivity contribution in [1.82, 2.24) is 30.5 Å². The van der Waals surface area contributed by atoms with Crippen LogP contribution in [0.25, 0.3) is 5.82 Å². The van der Waals surface area contributed by atoms with Crippen LogP contribution in [0.4, 0.5) is 0 Å². The van der Waals surface area contributed by atoms with E-state index in [9.17, 15) is 4.79 Å². The highest BCUT2D eigenvalue weighted by molar-refractivity contribution is 5.86. The van der Waals surface area contributed by atoms with Gasteiger partial charge in [0.1, 0.15) is 12.1 Å². The molecule has 3 N–H and O–H groups in total. The average molecular weight is 357 g/mol. The van der Waals surface area contributed by atoms with Crippen molar-refractivity contribution in [1.29, 1.82) is 0 Å². The second-order valence-electron chi connectivity index (χ2n) is 6.84. The van der Waals surface area contributed by atoms with E-state index in [1.807, 2.05) is 50.6 Å². The fourth-order valence-electron chi connectivity index (χ4n) is 2.23. The minimum atomic E-state index is -0.255. The van der Waals surface area contributed by atoms with Gasteiger partial charge in [0, 0.05) is 30.7 Å². The molecule has 0 atom stereocenters. The Morgan fingerprint density at radius 2 is 2.08 bits per heavy atom. The molecule has 0 aliphatic carbocycles. The third-order valence-corrected chi connectivity index (χ3v) is 3.27. The molecule has 0 bridgehead atoms. The molecule has 2 heterocycles. The van der Waals surface area contributed by atoms with Crippen LogP contribution < -0.4 is 16.0 Å². The van der Waals surface area contributed by atoms with Crippen molar-refractivity contribution in [2.75, 3.05) is 13.1 Å². The highest BCUT2D eigenvalue weighted by atomic mass is 16.2. The maximum atomic E-state index is 11.9. The molecule has 26 heavy (non-hydrogen) atoms. The van der Waals surface area contributed by atoms with Crippen LogP contribution in [-0.4, -0.2) is 45.0 Å². The van der Waals surface area contributed by atoms with Gasteiger partial charge in [-0.05, 0) is 45.4 Å². The summed E-state index contributed by atoms with van der Waals surface area (Å²) < 4.78 is 1.84. The van der Waals surface area contributed by atoms with Gasteiger partial charge in [-0.2, -0.15) is 0 Å². The van der Waals surface area contributed by atoms with E-state index < -0.39 is 0 Å². The highest BCUT2D eigenvalue weighted by Crippen LogP contribution is 2.08. The molecule has 8 heteroatoms. The van der Waals surface area contributed by atoms with Crippen LogP contribution in [0.3, 0.4) is 0 Å². The van der Waals surface area contributed by atoms with E-state index >= 15 is 0 Å². The van der Waals surface area contributed by atoms with E-state index in [4.69, 9.17) is 0 Å². The summed E-state index contributed by atoms with van der Waals surface area (Å²) in [5, 5.41) is 9.11. The summed E-state index contributed by atoms with van der Waals surface area (Å²) in [7, 11) is 0. The Morgan fingerprint density at radius 1 is 1.27 bits per heavy atom. The van der Waals surface area contributed by atoms with Crippen LogP contribution in [0.5, 0.6) is 0 Å². The molecule has 0 spiro atoms. The molecule has 0 saturated heterocycles. The molecule has 8 nitrogen and oxygen atoms in total. The van der Waals surface area contributed by atoms with Gasteiger partial charge in [0.25, 0.3) is 0 Å². The zero-order valence-corrected chi connectivity index (χ0v) is 15.8. The van der Waals surface area contributed by atoms with E-state index in [1.165, 1.54) is 0 Å². The van der Waals surface area contributed by atoms with E-state index in [0.717, 1.165) is 11.4 Å². The average Bonchev–Trinajstić information content (AvgIpc) is 3.11. The predicted octanol–water partition coefficient (Wildman–Crippen LogP) is 1.24. The number of hydrogen-bond acceptors (Lipinski definition) is 4. The standard InChI is InChI=1S/C18H27N7O/c1-5-20-17(23-12-16(26)24-18(2,3)4)22-11-14-6-7-21-15(10-14)25-9-8-19-13-25/h6-10,13H,5,11-12H2,1-4H3,(H,24,26)(H2,20,22,23). The van der Waals surface area contributed by atoms with Gasteiger partial charge in [0.15, 0.2) is 5.96 Å². The SMILES string of the molecule is CCNC(=NCc1ccnc(-n2ccnc2)c1)NCC(=O)NC(C)(C)C. The molecule has 2 aromatic rings. The molecule has 0 aliphatic heterocycles. The van der Waals surface area contributed by atoms with Crippen LogP contribution in [0.1, 0.15) is 33.3 Å². The van der Waals surface area contributed by atoms with Gasteiger partial charge in [0.05, 0.1) is 13.1 Å². The minimum absolute atomic E-state index is 0.0746. The third-order valence-electron chi connectivity index (χ3n) is 3.27. The van der Waals surface area contributed by atoms with E-state index in [2.05, 4.69) is 30.9 Å². The fourth-order valence-corrected chi connectivity index (χ4v) is 2.23. The van der Waals surface area contributed by atoms with E-state index in [0.29, 0.717) is 19.0 Å². The van der Waals surface area contributed by atoms with Crippen LogP contribution in [0, 0.1) is 0 Å². The van der Waals surface area contributed by atoms with Crippen LogP contribution in [0.15, 0.2) is 42.0 Å². The summed E-state index contributed by atoms with van der Waals surface area (Å²) in [6.07, 6.45) is 7.00. The van der Waals surface area contributed by atoms with Crippen molar-refractivity contribution < 1.29 is 4.79 Å². The number of hydrogen-bond donors (Lipinski definition) is 3. The molecule has 0 radical (unpaired) electrons. The van der Waals surface area contributed by atoms with Gasteiger partial charge in [-0.25, -0.2) is 15.0 Å². The molecule has 1 amide bonds. The van der Waals surface area contributed by atoms with Gasteiger partial charge in [-0.1, -0.05) is 0 Å². The van der Waals surface area contributed by atoms with Gasteiger partial charge in [-0.3, -0.25) is 9.36 Å². The maximum absolute atomic E-state index is 11.9. The van der Waals surface area contributed by atoms with Crippen molar-refractivity contribution in [3.05, 3.63) is 42.6 Å². The summed E-state index contributed by atoms with van der Waals surface area (Å²) in [4.78, 5) is 24.8. The lowest BCUT2D eigenvalue weighted by molar-refractivity contribution is -0.121. The minimum Gasteiger partial charge on any atom is -0.357 e. The first-order chi connectivity index (χ1) is 12.4. The molecule has 2 rings (SSSR count). The first-order valence-electron chi connectivity index (χ1n) is 8.64. The normalized spacial score (nSPS) is 11.9. The van der Waals surface area contributed by atoms with Crippen molar-refractivity contribution in [3.8, 4) is 5.82 Å². The predicted molar refractivity (Wildman–Crippen MR) is 102 cm³/mol. The fraction of sp³-hybridized carbons (Fsp3) is 0.444. The number of imidazole rings is 1. The zero-order valence-electron chi connectivity index (χ0n) is 15.8. The Balaban J connectivity index is 1.98. The number of aliphatic imine (C=N–C) groups is 1. The molecule has 0 aromatic carbocycles. The highest BCUT2D eigenvalue weighted by Gasteiger charge is 2.13. The quantitative estimate of drug-likeness (QED) is 0.534. The third kappa shape index (κ3) is 6.54. The van der Waals surface area contributed by atoms with Gasteiger partial charge in [-0.15, -0.1) is 0 Å². The number of rotatable bonds is 6. The topological polar surface area (TPSA) is 96.2 Å². The van der Waals surface area contributed by atoms with Gasteiger partial charge >= 0.3 is 0 Å². The molecule has 0 aliphatic rings. The lowest BCUT2D eigenvalue weighted by Gasteiger charge is -2.21. The molecule has 140 valence electrons. The molecular weight excluding hydrogens is 330 g/mol. The Labute approximate surface area is 154 Å². The lowest BCUT2D eigenvalue weighted by atomic mass is 10.1. The second-order valence-corrected chi connectivity index (χ2v) is 6.84. The molecular formula is C18H27N7O. The van der Waals surface area contributed by atoms with Crippen LogP contribution >= 0.6 is 0 Å². The maximum Gasteiger partial charge on any atom is 0.239 e. The number of pyridine rings is 1. The Kier molecular flexibility index (Phi) is 6.71. The summed E-state index contributed by atoms with van der Waals surface area (Å²) in [5.41, 5.74) is 0.759. The van der Waals surface area contributed by atoms with Gasteiger partial charge < -0.3 is 16.0 Å². The Morgan fingerprint density at radius 3 is 2.73 bits per heavy atom. The van der Waals surface area contributed by atoms with Crippen molar-refractivity contribution in [2.45, 2.75) is 39.8 Å². The first-order valence-corrected chi connectivity index (χ1v) is 8.64. The van der Waals surface area contributed by atoms with E-state index in [1.54, 1.807) is 18.7 Å². The van der Waals surface area contributed by atoms with Crippen molar-refractivity contribution in [2.24, 2.45) is 4.99 Å². The Bertz CT molecular complexity index is 732. The smallest absolute Gasteiger partial charge is 0.239 e. The number of guanidine groups is 1. The first kappa shape index (κ1) is 19.4. The molecule has 0 unspecified atom stereocenters. The van der Waals surface area contributed by atoms with Crippen LogP contribution in [0.2, 0.25) is 0 Å². The number of nitrogens with zero attached hydrogens (tertiary/aromatic N) is 4. The van der Waals surface area contributed by atoms with Crippen LogP contribution in [-0.2, 0) is 11.3 Å². The number of nitrogens with one attached hydrogen (secondary N) is 3. The largest absolute Gasteiger partial charge is 0.357 e. The molecule has 0 saturated carbocycles. The lowest BCUT2D eigenvalue weighted by Crippen LogP contribution is -2.48.